The van der Waals surface area contributed by atoms with Gasteiger partial charge in [0.05, 0.1) is 17.8 Å². The van der Waals surface area contributed by atoms with Gasteiger partial charge in [0.1, 0.15) is 10.1 Å². The maximum atomic E-state index is 12.4. The summed E-state index contributed by atoms with van der Waals surface area (Å²) in [5.74, 6) is 0.256. The van der Waals surface area contributed by atoms with Crippen molar-refractivity contribution in [3.8, 4) is 0 Å². The summed E-state index contributed by atoms with van der Waals surface area (Å²) in [7, 11) is 0. The van der Waals surface area contributed by atoms with E-state index in [-0.39, 0.29) is 11.9 Å². The number of amides is 1. The van der Waals surface area contributed by atoms with Crippen LogP contribution in [0.5, 0.6) is 0 Å². The molecule has 0 radical (unpaired) electrons. The van der Waals surface area contributed by atoms with E-state index < -0.39 is 0 Å². The van der Waals surface area contributed by atoms with Crippen molar-refractivity contribution in [3.63, 3.8) is 0 Å². The zero-order chi connectivity index (χ0) is 17.4. The summed E-state index contributed by atoms with van der Waals surface area (Å²) in [4.78, 5) is 26.1. The molecule has 5 nitrogen and oxygen atoms in total. The first-order valence-electron chi connectivity index (χ1n) is 8.06. The van der Waals surface area contributed by atoms with E-state index in [0.717, 1.165) is 19.3 Å². The molecular weight excluding hydrogens is 346 g/mol. The molecule has 0 bridgehead atoms. The lowest BCUT2D eigenvalue weighted by Crippen LogP contribution is -2.29. The highest BCUT2D eigenvalue weighted by Gasteiger charge is 2.31. The lowest BCUT2D eigenvalue weighted by molar-refractivity contribution is -0.144. The highest BCUT2D eigenvalue weighted by molar-refractivity contribution is 8.26. The predicted molar refractivity (Wildman–Crippen MR) is 98.3 cm³/mol. The number of rotatable bonds is 9. The van der Waals surface area contributed by atoms with Gasteiger partial charge in [-0.25, -0.2) is 0 Å². The summed E-state index contributed by atoms with van der Waals surface area (Å²) >= 11 is 6.50. The maximum absolute atomic E-state index is 12.4. The fourth-order valence-corrected chi connectivity index (χ4v) is 3.48. The molecule has 1 fully saturated rings. The van der Waals surface area contributed by atoms with E-state index in [1.807, 2.05) is 0 Å². The second-order valence-corrected chi connectivity index (χ2v) is 7.06. The number of ether oxygens (including phenoxy) is 1. The van der Waals surface area contributed by atoms with E-state index in [2.05, 4.69) is 6.92 Å². The highest BCUT2D eigenvalue weighted by atomic mass is 32.2. The molecule has 1 aromatic rings. The molecule has 1 aliphatic rings. The third-order valence-electron chi connectivity index (χ3n) is 3.46. The fraction of sp³-hybridized carbons (Fsp3) is 0.471. The topological polar surface area (TPSA) is 59.8 Å². The van der Waals surface area contributed by atoms with Gasteiger partial charge in [-0.2, -0.15) is 0 Å². The quantitative estimate of drug-likeness (QED) is 0.285. The second-order valence-electron chi connectivity index (χ2n) is 5.38. The van der Waals surface area contributed by atoms with Crippen LogP contribution in [0.15, 0.2) is 27.7 Å². The third kappa shape index (κ3) is 5.49. The number of carbonyl (C=O) groups excluding carboxylic acids is 2. The van der Waals surface area contributed by atoms with Crippen LogP contribution in [0.1, 0.15) is 44.8 Å². The first kappa shape index (κ1) is 18.7. The van der Waals surface area contributed by atoms with Crippen molar-refractivity contribution >= 4 is 46.3 Å². The predicted octanol–water partition coefficient (Wildman–Crippen LogP) is 3.99. The summed E-state index contributed by atoms with van der Waals surface area (Å²) in [5, 5.41) is 0. The second kappa shape index (κ2) is 9.64. The molecule has 7 heteroatoms. The van der Waals surface area contributed by atoms with E-state index in [1.165, 1.54) is 16.7 Å². The summed E-state index contributed by atoms with van der Waals surface area (Å²) in [6.07, 6.45) is 7.12. The van der Waals surface area contributed by atoms with Gasteiger partial charge in [0.25, 0.3) is 5.91 Å². The average molecular weight is 367 g/mol. The Hall–Kier alpha value is -1.60. The van der Waals surface area contributed by atoms with E-state index in [0.29, 0.717) is 41.0 Å². The van der Waals surface area contributed by atoms with Gasteiger partial charge in [-0.15, -0.1) is 0 Å². The van der Waals surface area contributed by atoms with Gasteiger partial charge in [0.2, 0.25) is 0 Å². The van der Waals surface area contributed by atoms with Crippen molar-refractivity contribution in [1.29, 1.82) is 0 Å². The molecule has 0 saturated carbocycles. The van der Waals surface area contributed by atoms with Crippen LogP contribution in [0.3, 0.4) is 0 Å². The Balaban J connectivity index is 1.76. The fourth-order valence-electron chi connectivity index (χ4n) is 2.19. The molecule has 1 aliphatic heterocycles. The van der Waals surface area contributed by atoms with Crippen molar-refractivity contribution in [3.05, 3.63) is 29.1 Å². The van der Waals surface area contributed by atoms with Crippen LogP contribution in [0, 0.1) is 0 Å². The summed E-state index contributed by atoms with van der Waals surface area (Å²) in [5.41, 5.74) is 0. The number of carbonyl (C=O) groups is 2. The minimum absolute atomic E-state index is 0.141. The molecular formula is C17H21NO4S2. The lowest BCUT2D eigenvalue weighted by atomic mass is 10.2. The molecule has 24 heavy (non-hydrogen) atoms. The van der Waals surface area contributed by atoms with Crippen molar-refractivity contribution in [1.82, 2.24) is 4.90 Å². The SMILES string of the molecule is CCCCCOC(=O)CCCN1C(=O)/C(=C\c2ccco2)SC1=S. The Labute approximate surface area is 151 Å². The van der Waals surface area contributed by atoms with Crippen molar-refractivity contribution < 1.29 is 18.7 Å². The molecule has 1 saturated heterocycles. The maximum Gasteiger partial charge on any atom is 0.305 e. The Bertz CT molecular complexity index is 610. The van der Waals surface area contributed by atoms with Crippen molar-refractivity contribution in [2.75, 3.05) is 13.2 Å². The molecule has 0 aromatic carbocycles. The standard InChI is InChI=1S/C17H21NO4S2/c1-2-3-4-10-22-15(19)8-5-9-18-16(20)14(24-17(18)23)12-13-7-6-11-21-13/h6-7,11-12H,2-5,8-10H2,1H3/b14-12+. The Morgan fingerprint density at radius 2 is 2.25 bits per heavy atom. The largest absolute Gasteiger partial charge is 0.466 e. The molecule has 1 amide bonds. The summed E-state index contributed by atoms with van der Waals surface area (Å²) in [6, 6.07) is 3.54. The summed E-state index contributed by atoms with van der Waals surface area (Å²) in [6.45, 7) is 2.99. The van der Waals surface area contributed by atoms with Crippen molar-refractivity contribution in [2.24, 2.45) is 0 Å². The smallest absolute Gasteiger partial charge is 0.305 e. The molecule has 2 rings (SSSR count). The van der Waals surface area contributed by atoms with Gasteiger partial charge in [-0.1, -0.05) is 43.7 Å². The van der Waals surface area contributed by atoms with Crippen LogP contribution in [-0.4, -0.2) is 34.2 Å². The zero-order valence-electron chi connectivity index (χ0n) is 13.7. The number of thiocarbonyl (C=S) groups is 1. The van der Waals surface area contributed by atoms with Gasteiger partial charge in [0.15, 0.2) is 0 Å². The number of thioether (sulfide) groups is 1. The monoisotopic (exact) mass is 367 g/mol. The normalized spacial score (nSPS) is 16.2. The van der Waals surface area contributed by atoms with Crippen LogP contribution in [-0.2, 0) is 14.3 Å². The number of nitrogens with zero attached hydrogens (tertiary/aromatic N) is 1. The molecule has 0 spiro atoms. The number of esters is 1. The van der Waals surface area contributed by atoms with Gasteiger partial charge >= 0.3 is 5.97 Å². The third-order valence-corrected chi connectivity index (χ3v) is 4.84. The first-order valence-corrected chi connectivity index (χ1v) is 9.28. The van der Waals surface area contributed by atoms with Gasteiger partial charge in [0, 0.05) is 19.0 Å². The van der Waals surface area contributed by atoms with E-state index >= 15 is 0 Å². The zero-order valence-corrected chi connectivity index (χ0v) is 15.3. The van der Waals surface area contributed by atoms with Crippen LogP contribution in [0.2, 0.25) is 0 Å². The molecule has 0 atom stereocenters. The first-order chi connectivity index (χ1) is 11.6. The molecule has 0 N–H and O–H groups in total. The van der Waals surface area contributed by atoms with Gasteiger partial charge in [-0.05, 0) is 25.0 Å². The molecule has 2 heterocycles. The van der Waals surface area contributed by atoms with Crippen LogP contribution in [0.25, 0.3) is 6.08 Å². The number of unbranched alkanes of at least 4 members (excludes halogenated alkanes) is 2. The molecule has 0 aliphatic carbocycles. The Kier molecular flexibility index (Phi) is 7.52. The van der Waals surface area contributed by atoms with E-state index in [4.69, 9.17) is 21.4 Å². The van der Waals surface area contributed by atoms with E-state index in [1.54, 1.807) is 24.5 Å². The number of furan rings is 1. The van der Waals surface area contributed by atoms with Crippen LogP contribution >= 0.6 is 24.0 Å². The molecule has 1 aromatic heterocycles. The molecule has 0 unspecified atom stereocenters. The Morgan fingerprint density at radius 1 is 1.42 bits per heavy atom. The van der Waals surface area contributed by atoms with Crippen LogP contribution in [0.4, 0.5) is 0 Å². The average Bonchev–Trinajstić information content (AvgIpc) is 3.15. The van der Waals surface area contributed by atoms with Gasteiger partial charge < -0.3 is 9.15 Å². The summed E-state index contributed by atoms with van der Waals surface area (Å²) < 4.78 is 10.9. The minimum Gasteiger partial charge on any atom is -0.466 e. The Morgan fingerprint density at radius 3 is 2.96 bits per heavy atom. The van der Waals surface area contributed by atoms with E-state index in [9.17, 15) is 9.59 Å². The highest BCUT2D eigenvalue weighted by Crippen LogP contribution is 2.32. The van der Waals surface area contributed by atoms with Crippen LogP contribution < -0.4 is 0 Å². The molecule has 130 valence electrons. The number of hydrogen-bond acceptors (Lipinski definition) is 6. The number of hydrogen-bond donors (Lipinski definition) is 0. The van der Waals surface area contributed by atoms with Gasteiger partial charge in [-0.3, -0.25) is 14.5 Å². The lowest BCUT2D eigenvalue weighted by Gasteiger charge is -2.13. The van der Waals surface area contributed by atoms with Crippen molar-refractivity contribution in [2.45, 2.75) is 39.0 Å². The minimum atomic E-state index is -0.220.